The van der Waals surface area contributed by atoms with E-state index < -0.39 is 0 Å². The Balaban J connectivity index is 2.35. The molecule has 0 spiro atoms. The Labute approximate surface area is 89.9 Å². The highest BCUT2D eigenvalue weighted by Gasteiger charge is 2.11. The summed E-state index contributed by atoms with van der Waals surface area (Å²) < 4.78 is 0. The number of H-pyrrole nitrogens is 1. The van der Waals surface area contributed by atoms with Crippen LogP contribution in [0.5, 0.6) is 0 Å². The molecular formula is C12H17N3. The molecule has 0 fully saturated rings. The molecule has 1 aromatic carbocycles. The average molecular weight is 203 g/mol. The summed E-state index contributed by atoms with van der Waals surface area (Å²) in [7, 11) is 4.07. The normalized spacial score (nSPS) is 13.6. The van der Waals surface area contributed by atoms with E-state index in [4.69, 9.17) is 5.73 Å². The molecule has 3 nitrogen and oxygen atoms in total. The lowest BCUT2D eigenvalue weighted by atomic mass is 10.1. The predicted octanol–water partition coefficient (Wildman–Crippen LogP) is 1.73. The Morgan fingerprint density at radius 3 is 2.80 bits per heavy atom. The minimum atomic E-state index is 0.0659. The average Bonchev–Trinajstić information content (AvgIpc) is 2.59. The number of likely N-dealkylation sites (N-methyl/N-ethyl adjacent to an activating group) is 1. The molecule has 0 aliphatic heterocycles. The van der Waals surface area contributed by atoms with E-state index in [1.54, 1.807) is 0 Å². The van der Waals surface area contributed by atoms with E-state index in [9.17, 15) is 0 Å². The molecule has 0 aliphatic rings. The van der Waals surface area contributed by atoms with Crippen molar-refractivity contribution < 1.29 is 0 Å². The highest BCUT2D eigenvalue weighted by molar-refractivity contribution is 5.83. The molecule has 0 bridgehead atoms. The van der Waals surface area contributed by atoms with Gasteiger partial charge in [-0.25, -0.2) is 0 Å². The number of hydrogen-bond acceptors (Lipinski definition) is 2. The Morgan fingerprint density at radius 1 is 1.33 bits per heavy atom. The van der Waals surface area contributed by atoms with Crippen molar-refractivity contribution >= 4 is 10.9 Å². The van der Waals surface area contributed by atoms with Crippen molar-refractivity contribution in [2.45, 2.75) is 6.04 Å². The zero-order chi connectivity index (χ0) is 10.8. The maximum Gasteiger partial charge on any atom is 0.0457 e. The summed E-state index contributed by atoms with van der Waals surface area (Å²) in [6.45, 7) is 0.863. The van der Waals surface area contributed by atoms with Gasteiger partial charge in [-0.3, -0.25) is 0 Å². The van der Waals surface area contributed by atoms with Crippen LogP contribution < -0.4 is 5.73 Å². The van der Waals surface area contributed by atoms with Gasteiger partial charge in [0.1, 0.15) is 0 Å². The smallest absolute Gasteiger partial charge is 0.0457 e. The van der Waals surface area contributed by atoms with Crippen LogP contribution in [0.1, 0.15) is 11.6 Å². The molecule has 3 N–H and O–H groups in total. The molecule has 3 heteroatoms. The van der Waals surface area contributed by atoms with Crippen LogP contribution in [0.3, 0.4) is 0 Å². The van der Waals surface area contributed by atoms with Crippen LogP contribution in [0, 0.1) is 0 Å². The SMILES string of the molecule is CN(C)CC(N)c1c[nH]c2ccccc12. The molecule has 0 radical (unpaired) electrons. The quantitative estimate of drug-likeness (QED) is 0.798. The number of rotatable bonds is 3. The van der Waals surface area contributed by atoms with Gasteiger partial charge in [0.2, 0.25) is 0 Å². The fourth-order valence-electron chi connectivity index (χ4n) is 1.89. The van der Waals surface area contributed by atoms with E-state index in [1.165, 1.54) is 10.9 Å². The zero-order valence-electron chi connectivity index (χ0n) is 9.20. The molecule has 1 heterocycles. The third-order valence-electron chi connectivity index (χ3n) is 2.58. The van der Waals surface area contributed by atoms with E-state index in [0.717, 1.165) is 12.1 Å². The first-order valence-corrected chi connectivity index (χ1v) is 5.15. The van der Waals surface area contributed by atoms with Gasteiger partial charge in [-0.1, -0.05) is 18.2 Å². The molecule has 0 aliphatic carbocycles. The molecule has 80 valence electrons. The summed E-state index contributed by atoms with van der Waals surface area (Å²) in [4.78, 5) is 5.35. The molecule has 1 atom stereocenters. The largest absolute Gasteiger partial charge is 0.361 e. The Hall–Kier alpha value is -1.32. The number of hydrogen-bond donors (Lipinski definition) is 2. The zero-order valence-corrected chi connectivity index (χ0v) is 9.20. The van der Waals surface area contributed by atoms with Crippen molar-refractivity contribution in [2.75, 3.05) is 20.6 Å². The van der Waals surface area contributed by atoms with Crippen molar-refractivity contribution in [2.24, 2.45) is 5.73 Å². The second kappa shape index (κ2) is 4.04. The fourth-order valence-corrected chi connectivity index (χ4v) is 1.89. The number of para-hydroxylation sites is 1. The second-order valence-electron chi connectivity index (χ2n) is 4.16. The molecule has 0 amide bonds. The van der Waals surface area contributed by atoms with Gasteiger partial charge in [0.05, 0.1) is 0 Å². The third-order valence-corrected chi connectivity index (χ3v) is 2.58. The number of aromatic amines is 1. The van der Waals surface area contributed by atoms with Crippen LogP contribution in [0.25, 0.3) is 10.9 Å². The monoisotopic (exact) mass is 203 g/mol. The molecule has 1 aromatic heterocycles. The minimum absolute atomic E-state index is 0.0659. The summed E-state index contributed by atoms with van der Waals surface area (Å²) in [6.07, 6.45) is 2.01. The van der Waals surface area contributed by atoms with Gasteiger partial charge in [-0.15, -0.1) is 0 Å². The number of nitrogens with two attached hydrogens (primary N) is 1. The molecule has 1 unspecified atom stereocenters. The van der Waals surface area contributed by atoms with Crippen molar-refractivity contribution in [1.29, 1.82) is 0 Å². The van der Waals surface area contributed by atoms with E-state index in [0.29, 0.717) is 0 Å². The predicted molar refractivity (Wildman–Crippen MR) is 63.8 cm³/mol. The molecule has 2 rings (SSSR count). The van der Waals surface area contributed by atoms with Gasteiger partial charge >= 0.3 is 0 Å². The maximum absolute atomic E-state index is 6.14. The second-order valence-corrected chi connectivity index (χ2v) is 4.16. The van der Waals surface area contributed by atoms with Crippen LogP contribution >= 0.6 is 0 Å². The van der Waals surface area contributed by atoms with Crippen LogP contribution in [-0.2, 0) is 0 Å². The molecule has 2 aromatic rings. The summed E-state index contributed by atoms with van der Waals surface area (Å²) in [5, 5.41) is 1.23. The summed E-state index contributed by atoms with van der Waals surface area (Å²) in [5.74, 6) is 0. The number of nitrogens with zero attached hydrogens (tertiary/aromatic N) is 1. The van der Waals surface area contributed by atoms with Gasteiger partial charge in [-0.05, 0) is 25.7 Å². The fraction of sp³-hybridized carbons (Fsp3) is 0.333. The summed E-state index contributed by atoms with van der Waals surface area (Å²) >= 11 is 0. The van der Waals surface area contributed by atoms with Gasteiger partial charge in [0.15, 0.2) is 0 Å². The number of aromatic nitrogens is 1. The van der Waals surface area contributed by atoms with Gasteiger partial charge in [0.25, 0.3) is 0 Å². The van der Waals surface area contributed by atoms with Gasteiger partial charge in [-0.2, -0.15) is 0 Å². The van der Waals surface area contributed by atoms with Crippen molar-refractivity contribution in [3.63, 3.8) is 0 Å². The lowest BCUT2D eigenvalue weighted by Gasteiger charge is -2.16. The standard InChI is InChI=1S/C12H17N3/c1-15(2)8-11(13)10-7-14-12-6-4-3-5-9(10)12/h3-7,11,14H,8,13H2,1-2H3. The number of nitrogens with one attached hydrogen (secondary N) is 1. The van der Waals surface area contributed by atoms with Gasteiger partial charge < -0.3 is 15.6 Å². The highest BCUT2D eigenvalue weighted by atomic mass is 15.1. The van der Waals surface area contributed by atoms with E-state index >= 15 is 0 Å². The summed E-state index contributed by atoms with van der Waals surface area (Å²) in [6, 6.07) is 8.32. The molecule has 0 saturated carbocycles. The number of fused-ring (bicyclic) bond motifs is 1. The lowest BCUT2D eigenvalue weighted by molar-refractivity contribution is 0.377. The van der Waals surface area contributed by atoms with Crippen LogP contribution in [0.2, 0.25) is 0 Å². The molecule has 15 heavy (non-hydrogen) atoms. The molecule has 0 saturated heterocycles. The summed E-state index contributed by atoms with van der Waals surface area (Å²) in [5.41, 5.74) is 8.49. The first-order valence-electron chi connectivity index (χ1n) is 5.15. The highest BCUT2D eigenvalue weighted by Crippen LogP contribution is 2.22. The first kappa shape index (κ1) is 10.2. The van der Waals surface area contributed by atoms with E-state index in [-0.39, 0.29) is 6.04 Å². The topological polar surface area (TPSA) is 45.0 Å². The minimum Gasteiger partial charge on any atom is -0.361 e. The van der Waals surface area contributed by atoms with Crippen molar-refractivity contribution in [3.8, 4) is 0 Å². The number of benzene rings is 1. The molecular weight excluding hydrogens is 186 g/mol. The van der Waals surface area contributed by atoms with E-state index in [1.807, 2.05) is 32.4 Å². The van der Waals surface area contributed by atoms with Gasteiger partial charge in [0, 0.05) is 29.7 Å². The van der Waals surface area contributed by atoms with Crippen molar-refractivity contribution in [1.82, 2.24) is 9.88 Å². The maximum atomic E-state index is 6.14. The Bertz CT molecular complexity index is 445. The van der Waals surface area contributed by atoms with Crippen LogP contribution in [-0.4, -0.2) is 30.5 Å². The van der Waals surface area contributed by atoms with Crippen LogP contribution in [0.15, 0.2) is 30.5 Å². The lowest BCUT2D eigenvalue weighted by Crippen LogP contribution is -2.25. The van der Waals surface area contributed by atoms with Crippen molar-refractivity contribution in [3.05, 3.63) is 36.0 Å². The van der Waals surface area contributed by atoms with Crippen LogP contribution in [0.4, 0.5) is 0 Å². The van der Waals surface area contributed by atoms with E-state index in [2.05, 4.69) is 22.0 Å². The third kappa shape index (κ3) is 2.03. The Kier molecular flexibility index (Phi) is 2.75. The Morgan fingerprint density at radius 2 is 2.07 bits per heavy atom. The first-order chi connectivity index (χ1) is 7.18.